The van der Waals surface area contributed by atoms with Crippen molar-refractivity contribution in [2.24, 2.45) is 0 Å². The van der Waals surface area contributed by atoms with Gasteiger partial charge in [-0.15, -0.1) is 6.58 Å². The number of carbonyl (C=O) groups is 2. The minimum atomic E-state index is -0.249. The predicted molar refractivity (Wildman–Crippen MR) is 103 cm³/mol. The molecule has 3 heterocycles. The van der Waals surface area contributed by atoms with Crippen LogP contribution in [-0.4, -0.2) is 39.4 Å². The maximum Gasteiger partial charge on any atom is 0.287 e. The van der Waals surface area contributed by atoms with E-state index in [1.165, 1.54) is 11.1 Å². The normalized spacial score (nSPS) is 15.6. The van der Waals surface area contributed by atoms with E-state index in [4.69, 9.17) is 0 Å². The second kappa shape index (κ2) is 7.39. The van der Waals surface area contributed by atoms with Gasteiger partial charge < -0.3 is 14.8 Å². The summed E-state index contributed by atoms with van der Waals surface area (Å²) in [5.41, 5.74) is 3.83. The van der Waals surface area contributed by atoms with Crippen molar-refractivity contribution < 1.29 is 9.59 Å². The Labute approximate surface area is 158 Å². The minimum absolute atomic E-state index is 0.0714. The molecule has 6 heteroatoms. The van der Waals surface area contributed by atoms with Gasteiger partial charge in [0, 0.05) is 26.2 Å². The van der Waals surface area contributed by atoms with Gasteiger partial charge in [0.25, 0.3) is 11.8 Å². The van der Waals surface area contributed by atoms with Crippen LogP contribution in [0.3, 0.4) is 0 Å². The van der Waals surface area contributed by atoms with Crippen LogP contribution in [0.15, 0.2) is 36.9 Å². The van der Waals surface area contributed by atoms with Crippen LogP contribution in [0, 0.1) is 0 Å². The molecule has 1 aromatic heterocycles. The first-order chi connectivity index (χ1) is 13.2. The molecule has 0 bridgehead atoms. The third-order valence-electron chi connectivity index (χ3n) is 5.35. The summed E-state index contributed by atoms with van der Waals surface area (Å²) in [6, 6.07) is 8.24. The number of fused-ring (bicyclic) bond motifs is 2. The molecule has 1 N–H and O–H groups in total. The number of rotatable bonds is 4. The standard InChI is InChI=1S/C21H24N4O2/c1-2-11-22-20(26)19-23-18(17-9-5-6-12-25(17)19)21(27)24-13-10-15-7-3-4-8-16(15)14-24/h2-4,7-8H,1,5-6,9-14H2,(H,22,26). The summed E-state index contributed by atoms with van der Waals surface area (Å²) in [4.78, 5) is 32.1. The fourth-order valence-electron chi connectivity index (χ4n) is 3.95. The highest BCUT2D eigenvalue weighted by molar-refractivity contribution is 5.97. The van der Waals surface area contributed by atoms with Crippen LogP contribution in [0.1, 0.15) is 50.8 Å². The highest BCUT2D eigenvalue weighted by Crippen LogP contribution is 2.25. The smallest absolute Gasteiger partial charge is 0.287 e. The lowest BCUT2D eigenvalue weighted by Gasteiger charge is -2.28. The van der Waals surface area contributed by atoms with Gasteiger partial charge in [0.1, 0.15) is 5.69 Å². The third-order valence-corrected chi connectivity index (χ3v) is 5.35. The van der Waals surface area contributed by atoms with Crippen molar-refractivity contribution in [3.8, 4) is 0 Å². The first-order valence-corrected chi connectivity index (χ1v) is 9.53. The second-order valence-electron chi connectivity index (χ2n) is 7.08. The Hall–Kier alpha value is -2.89. The van der Waals surface area contributed by atoms with E-state index in [-0.39, 0.29) is 11.8 Å². The average Bonchev–Trinajstić information content (AvgIpc) is 3.11. The van der Waals surface area contributed by atoms with Crippen molar-refractivity contribution in [1.29, 1.82) is 0 Å². The minimum Gasteiger partial charge on any atom is -0.346 e. The third kappa shape index (κ3) is 3.27. The summed E-state index contributed by atoms with van der Waals surface area (Å²) >= 11 is 0. The lowest BCUT2D eigenvalue weighted by molar-refractivity contribution is 0.0727. The molecule has 0 radical (unpaired) electrons. The van der Waals surface area contributed by atoms with E-state index in [2.05, 4.69) is 29.0 Å². The first-order valence-electron chi connectivity index (χ1n) is 9.53. The Kier molecular flexibility index (Phi) is 4.79. The van der Waals surface area contributed by atoms with Gasteiger partial charge in [-0.1, -0.05) is 30.3 Å². The fraction of sp³-hybridized carbons (Fsp3) is 0.381. The van der Waals surface area contributed by atoms with Crippen LogP contribution in [0.2, 0.25) is 0 Å². The van der Waals surface area contributed by atoms with Crippen molar-refractivity contribution in [3.63, 3.8) is 0 Å². The predicted octanol–water partition coefficient (Wildman–Crippen LogP) is 2.33. The highest BCUT2D eigenvalue weighted by Gasteiger charge is 2.31. The van der Waals surface area contributed by atoms with Gasteiger partial charge in [0.05, 0.1) is 5.69 Å². The van der Waals surface area contributed by atoms with E-state index < -0.39 is 0 Å². The number of carbonyl (C=O) groups excluding carboxylic acids is 2. The molecule has 0 spiro atoms. The van der Waals surface area contributed by atoms with Crippen LogP contribution in [-0.2, 0) is 25.9 Å². The van der Waals surface area contributed by atoms with Crippen LogP contribution in [0.5, 0.6) is 0 Å². The summed E-state index contributed by atoms with van der Waals surface area (Å²) in [5, 5.41) is 2.78. The van der Waals surface area contributed by atoms with E-state index >= 15 is 0 Å². The van der Waals surface area contributed by atoms with Crippen molar-refractivity contribution in [1.82, 2.24) is 19.8 Å². The molecule has 1 aromatic carbocycles. The largest absolute Gasteiger partial charge is 0.346 e. The molecule has 140 valence electrons. The van der Waals surface area contributed by atoms with Crippen LogP contribution in [0.4, 0.5) is 0 Å². The van der Waals surface area contributed by atoms with Gasteiger partial charge in [-0.3, -0.25) is 9.59 Å². The number of hydrogen-bond acceptors (Lipinski definition) is 3. The van der Waals surface area contributed by atoms with Gasteiger partial charge in [-0.2, -0.15) is 0 Å². The molecule has 0 fully saturated rings. The van der Waals surface area contributed by atoms with Crippen LogP contribution in [0.25, 0.3) is 0 Å². The molecular weight excluding hydrogens is 340 g/mol. The molecule has 6 nitrogen and oxygen atoms in total. The summed E-state index contributed by atoms with van der Waals surface area (Å²) in [7, 11) is 0. The number of nitrogens with one attached hydrogen (secondary N) is 1. The fourth-order valence-corrected chi connectivity index (χ4v) is 3.95. The monoisotopic (exact) mass is 364 g/mol. The Morgan fingerprint density at radius 2 is 1.96 bits per heavy atom. The van der Waals surface area contributed by atoms with Crippen molar-refractivity contribution in [2.75, 3.05) is 13.1 Å². The summed E-state index contributed by atoms with van der Waals surface area (Å²) in [5.74, 6) is 0.0197. The Morgan fingerprint density at radius 3 is 2.78 bits per heavy atom. The topological polar surface area (TPSA) is 67.2 Å². The number of amides is 2. The lowest BCUT2D eigenvalue weighted by atomic mass is 9.99. The van der Waals surface area contributed by atoms with Crippen LogP contribution >= 0.6 is 0 Å². The number of benzene rings is 1. The zero-order valence-electron chi connectivity index (χ0n) is 15.4. The van der Waals surface area contributed by atoms with Crippen molar-refractivity contribution in [3.05, 3.63) is 65.3 Å². The highest BCUT2D eigenvalue weighted by atomic mass is 16.2. The molecular formula is C21H24N4O2. The lowest BCUT2D eigenvalue weighted by Crippen LogP contribution is -2.36. The van der Waals surface area contributed by atoms with Gasteiger partial charge in [0.2, 0.25) is 0 Å². The molecule has 2 aromatic rings. The van der Waals surface area contributed by atoms with E-state index in [1.54, 1.807) is 6.08 Å². The molecule has 0 aliphatic carbocycles. The molecule has 0 unspecified atom stereocenters. The van der Waals surface area contributed by atoms with Crippen molar-refractivity contribution in [2.45, 2.75) is 38.8 Å². The van der Waals surface area contributed by atoms with Gasteiger partial charge in [-0.05, 0) is 36.8 Å². The first kappa shape index (κ1) is 17.5. The molecule has 2 aliphatic rings. The molecule has 2 amide bonds. The Balaban J connectivity index is 1.63. The van der Waals surface area contributed by atoms with Gasteiger partial charge in [0.15, 0.2) is 5.82 Å². The zero-order chi connectivity index (χ0) is 18.8. The molecule has 0 atom stereocenters. The summed E-state index contributed by atoms with van der Waals surface area (Å²) < 4.78 is 1.92. The number of imidazole rings is 1. The van der Waals surface area contributed by atoms with E-state index in [0.29, 0.717) is 31.2 Å². The summed E-state index contributed by atoms with van der Waals surface area (Å²) in [6.07, 6.45) is 5.28. The van der Waals surface area contributed by atoms with E-state index in [0.717, 1.165) is 37.9 Å². The zero-order valence-corrected chi connectivity index (χ0v) is 15.4. The maximum absolute atomic E-state index is 13.2. The SMILES string of the molecule is C=CCNC(=O)c1nc(C(=O)N2CCc3ccccc3C2)c2n1CCCC2. The van der Waals surface area contributed by atoms with Gasteiger partial charge in [-0.25, -0.2) is 4.98 Å². The maximum atomic E-state index is 13.2. The number of nitrogens with zero attached hydrogens (tertiary/aromatic N) is 3. The average molecular weight is 364 g/mol. The van der Waals surface area contributed by atoms with Crippen LogP contribution < -0.4 is 5.32 Å². The van der Waals surface area contributed by atoms with E-state index in [1.807, 2.05) is 21.6 Å². The number of aromatic nitrogens is 2. The van der Waals surface area contributed by atoms with Gasteiger partial charge >= 0.3 is 0 Å². The molecule has 4 rings (SSSR count). The number of hydrogen-bond donors (Lipinski definition) is 1. The Morgan fingerprint density at radius 1 is 1.15 bits per heavy atom. The quantitative estimate of drug-likeness (QED) is 0.847. The molecule has 27 heavy (non-hydrogen) atoms. The molecule has 0 saturated heterocycles. The second-order valence-corrected chi connectivity index (χ2v) is 7.08. The van der Waals surface area contributed by atoms with E-state index in [9.17, 15) is 9.59 Å². The molecule has 2 aliphatic heterocycles. The Bertz CT molecular complexity index is 900. The summed E-state index contributed by atoms with van der Waals surface area (Å²) in [6.45, 7) is 6.01. The molecule has 0 saturated carbocycles. The van der Waals surface area contributed by atoms with Crippen molar-refractivity contribution >= 4 is 11.8 Å².